The SMILES string of the molecule is COC(=O)CN1CCc2c(Cl)c(OCc3cccc(-c4cccc(OCCCN5CC[C@@H](O)C5)c4C)c3C)cc(O)c2C1. The van der Waals surface area contributed by atoms with E-state index in [1.165, 1.54) is 7.11 Å². The zero-order chi connectivity index (χ0) is 30.5. The van der Waals surface area contributed by atoms with E-state index in [9.17, 15) is 15.0 Å². The van der Waals surface area contributed by atoms with E-state index in [1.54, 1.807) is 6.07 Å². The zero-order valence-corrected chi connectivity index (χ0v) is 26.0. The predicted molar refractivity (Wildman–Crippen MR) is 167 cm³/mol. The minimum absolute atomic E-state index is 0.111. The predicted octanol–water partition coefficient (Wildman–Crippen LogP) is 5.28. The highest BCUT2D eigenvalue weighted by Gasteiger charge is 2.26. The van der Waals surface area contributed by atoms with Gasteiger partial charge in [-0.25, -0.2) is 0 Å². The third kappa shape index (κ3) is 7.27. The van der Waals surface area contributed by atoms with Crippen molar-refractivity contribution in [1.29, 1.82) is 0 Å². The summed E-state index contributed by atoms with van der Waals surface area (Å²) < 4.78 is 17.2. The lowest BCUT2D eigenvalue weighted by molar-refractivity contribution is -0.142. The molecule has 0 amide bonds. The number of fused-ring (bicyclic) bond motifs is 1. The summed E-state index contributed by atoms with van der Waals surface area (Å²) in [4.78, 5) is 15.9. The van der Waals surface area contributed by atoms with Crippen molar-refractivity contribution >= 4 is 17.6 Å². The third-order valence-electron chi connectivity index (χ3n) is 8.59. The number of aromatic hydroxyl groups is 1. The number of carbonyl (C=O) groups excluding carboxylic acids is 1. The molecule has 3 aromatic rings. The van der Waals surface area contributed by atoms with Crippen LogP contribution in [0.3, 0.4) is 0 Å². The molecule has 8 nitrogen and oxygen atoms in total. The van der Waals surface area contributed by atoms with Crippen LogP contribution in [-0.4, -0.2) is 78.5 Å². The van der Waals surface area contributed by atoms with E-state index in [-0.39, 0.29) is 24.4 Å². The molecule has 0 saturated carbocycles. The third-order valence-corrected chi connectivity index (χ3v) is 9.00. The molecule has 0 radical (unpaired) electrons. The summed E-state index contributed by atoms with van der Waals surface area (Å²) in [6, 6.07) is 13.9. The van der Waals surface area contributed by atoms with E-state index in [0.717, 1.165) is 77.2 Å². The molecule has 2 N–H and O–H groups in total. The summed E-state index contributed by atoms with van der Waals surface area (Å²) in [6.07, 6.45) is 2.17. The van der Waals surface area contributed by atoms with E-state index in [2.05, 4.69) is 30.9 Å². The maximum atomic E-state index is 11.7. The number of halogens is 1. The van der Waals surface area contributed by atoms with Gasteiger partial charge < -0.3 is 29.3 Å². The van der Waals surface area contributed by atoms with Gasteiger partial charge in [0, 0.05) is 44.4 Å². The molecule has 2 heterocycles. The van der Waals surface area contributed by atoms with Gasteiger partial charge in [0.05, 0.1) is 31.4 Å². The van der Waals surface area contributed by atoms with Crippen LogP contribution < -0.4 is 9.47 Å². The first-order valence-electron chi connectivity index (χ1n) is 14.9. The lowest BCUT2D eigenvalue weighted by Gasteiger charge is -2.29. The molecular formula is C34H41ClN2O6. The van der Waals surface area contributed by atoms with Gasteiger partial charge >= 0.3 is 5.97 Å². The first-order chi connectivity index (χ1) is 20.7. The van der Waals surface area contributed by atoms with E-state index in [4.69, 9.17) is 25.8 Å². The van der Waals surface area contributed by atoms with Crippen LogP contribution in [-0.2, 0) is 29.1 Å². The fourth-order valence-electron chi connectivity index (χ4n) is 6.04. The topological polar surface area (TPSA) is 91.7 Å². The first-order valence-corrected chi connectivity index (χ1v) is 15.3. The fourth-order valence-corrected chi connectivity index (χ4v) is 6.36. The Kier molecular flexibility index (Phi) is 10.1. The van der Waals surface area contributed by atoms with Gasteiger partial charge in [-0.2, -0.15) is 0 Å². The number of ether oxygens (including phenoxy) is 3. The zero-order valence-electron chi connectivity index (χ0n) is 25.2. The molecule has 0 aromatic heterocycles. The maximum absolute atomic E-state index is 11.7. The molecule has 1 fully saturated rings. The molecule has 2 aliphatic heterocycles. The minimum atomic E-state index is -0.309. The average molecular weight is 609 g/mol. The van der Waals surface area contributed by atoms with Crippen molar-refractivity contribution in [1.82, 2.24) is 9.80 Å². The van der Waals surface area contributed by atoms with E-state index < -0.39 is 0 Å². The number of likely N-dealkylation sites (tertiary alicyclic amines) is 1. The molecule has 0 aliphatic carbocycles. The van der Waals surface area contributed by atoms with Crippen LogP contribution in [0.5, 0.6) is 17.2 Å². The molecule has 1 atom stereocenters. The van der Waals surface area contributed by atoms with Gasteiger partial charge in [-0.05, 0) is 72.6 Å². The highest BCUT2D eigenvalue weighted by molar-refractivity contribution is 6.33. The lowest BCUT2D eigenvalue weighted by Crippen LogP contribution is -2.35. The molecule has 0 unspecified atom stereocenters. The van der Waals surface area contributed by atoms with Crippen molar-refractivity contribution in [3.8, 4) is 28.4 Å². The lowest BCUT2D eigenvalue weighted by atomic mass is 9.93. The molecule has 9 heteroatoms. The van der Waals surface area contributed by atoms with Gasteiger partial charge in [-0.1, -0.05) is 41.9 Å². The number of nitrogens with zero attached hydrogens (tertiary/aromatic N) is 2. The highest BCUT2D eigenvalue weighted by atomic mass is 35.5. The number of carbonyl (C=O) groups is 1. The van der Waals surface area contributed by atoms with Crippen LogP contribution in [0.15, 0.2) is 42.5 Å². The molecule has 0 spiro atoms. The van der Waals surface area contributed by atoms with Gasteiger partial charge in [0.1, 0.15) is 23.9 Å². The van der Waals surface area contributed by atoms with Gasteiger partial charge in [0.2, 0.25) is 0 Å². The molecule has 43 heavy (non-hydrogen) atoms. The Morgan fingerprint density at radius 3 is 2.51 bits per heavy atom. The van der Waals surface area contributed by atoms with Gasteiger partial charge in [-0.3, -0.25) is 9.69 Å². The quantitative estimate of drug-likeness (QED) is 0.225. The number of aliphatic hydroxyl groups is 1. The number of hydrogen-bond donors (Lipinski definition) is 2. The van der Waals surface area contributed by atoms with Crippen LogP contribution in [0.2, 0.25) is 5.02 Å². The second-order valence-electron chi connectivity index (χ2n) is 11.5. The number of methoxy groups -OCH3 is 1. The number of β-amino-alcohol motifs (C(OH)–C–C–N with tert-alkyl or cyclic N) is 1. The number of esters is 1. The first kappa shape index (κ1) is 31.1. The monoisotopic (exact) mass is 608 g/mol. The molecule has 230 valence electrons. The van der Waals surface area contributed by atoms with Gasteiger partial charge in [-0.15, -0.1) is 0 Å². The number of benzene rings is 3. The molecule has 0 bridgehead atoms. The molecule has 2 aliphatic rings. The second kappa shape index (κ2) is 14.0. The maximum Gasteiger partial charge on any atom is 0.319 e. The number of phenolic OH excluding ortho intramolecular Hbond substituents is 1. The largest absolute Gasteiger partial charge is 0.507 e. The summed E-state index contributed by atoms with van der Waals surface area (Å²) in [6.45, 7) is 8.96. The smallest absolute Gasteiger partial charge is 0.319 e. The summed E-state index contributed by atoms with van der Waals surface area (Å²) >= 11 is 6.77. The van der Waals surface area contributed by atoms with E-state index in [1.807, 2.05) is 29.2 Å². The van der Waals surface area contributed by atoms with Crippen LogP contribution in [0.4, 0.5) is 0 Å². The van der Waals surface area contributed by atoms with Crippen LogP contribution in [0.1, 0.15) is 40.7 Å². The Balaban J connectivity index is 1.25. The normalized spacial score (nSPS) is 17.1. The Morgan fingerprint density at radius 1 is 1.00 bits per heavy atom. The standard InChI is InChI=1S/C34H41ClN2O6/c1-22-24(21-43-32-17-30(39)29-19-37(20-33(40)41-3)15-12-28(29)34(32)35)7-4-8-26(22)27-9-5-10-31(23(27)2)42-16-6-13-36-14-11-25(38)18-36/h4-5,7-10,17,25,38-39H,6,11-16,18-21H2,1-3H3/t25-/m1/s1. The van der Waals surface area contributed by atoms with Gasteiger partial charge in [0.15, 0.2) is 0 Å². The molecular weight excluding hydrogens is 568 g/mol. The van der Waals surface area contributed by atoms with E-state index in [0.29, 0.717) is 43.5 Å². The molecule has 3 aromatic carbocycles. The number of phenols is 1. The molecule has 5 rings (SSSR count). The Labute approximate surface area is 258 Å². The summed E-state index contributed by atoms with van der Waals surface area (Å²) in [7, 11) is 1.37. The van der Waals surface area contributed by atoms with Crippen LogP contribution in [0.25, 0.3) is 11.1 Å². The van der Waals surface area contributed by atoms with Crippen molar-refractivity contribution in [3.63, 3.8) is 0 Å². The number of hydrogen-bond acceptors (Lipinski definition) is 8. The Morgan fingerprint density at radius 2 is 1.77 bits per heavy atom. The van der Waals surface area contributed by atoms with Crippen molar-refractivity contribution in [2.75, 3.05) is 46.4 Å². The van der Waals surface area contributed by atoms with E-state index >= 15 is 0 Å². The fraction of sp³-hybridized carbons (Fsp3) is 0.441. The minimum Gasteiger partial charge on any atom is -0.507 e. The van der Waals surface area contributed by atoms with Crippen molar-refractivity contribution < 1.29 is 29.2 Å². The summed E-state index contributed by atoms with van der Waals surface area (Å²) in [5, 5.41) is 21.0. The average Bonchev–Trinajstić information content (AvgIpc) is 3.42. The van der Waals surface area contributed by atoms with Crippen LogP contribution >= 0.6 is 11.6 Å². The van der Waals surface area contributed by atoms with Gasteiger partial charge in [0.25, 0.3) is 0 Å². The Bertz CT molecular complexity index is 1460. The summed E-state index contributed by atoms with van der Waals surface area (Å²) in [5.41, 5.74) is 7.01. The Hall–Kier alpha value is -3.30. The highest BCUT2D eigenvalue weighted by Crippen LogP contribution is 2.40. The van der Waals surface area contributed by atoms with Crippen molar-refractivity contribution in [2.45, 2.75) is 52.4 Å². The second-order valence-corrected chi connectivity index (χ2v) is 11.8. The van der Waals surface area contributed by atoms with Crippen molar-refractivity contribution in [2.24, 2.45) is 0 Å². The number of rotatable bonds is 11. The summed E-state index contributed by atoms with van der Waals surface area (Å²) in [5.74, 6) is 1.12. The van der Waals surface area contributed by atoms with Crippen molar-refractivity contribution in [3.05, 3.63) is 75.3 Å². The number of aliphatic hydroxyl groups excluding tert-OH is 1. The van der Waals surface area contributed by atoms with Crippen LogP contribution in [0, 0.1) is 13.8 Å². The molecule has 1 saturated heterocycles.